The second-order valence-electron chi connectivity index (χ2n) is 9.37. The lowest BCUT2D eigenvalue weighted by molar-refractivity contribution is -0.158. The molecule has 1 saturated carbocycles. The Labute approximate surface area is 182 Å². The van der Waals surface area contributed by atoms with Gasteiger partial charge in [0.1, 0.15) is 18.2 Å². The van der Waals surface area contributed by atoms with Crippen molar-refractivity contribution in [3.63, 3.8) is 0 Å². The molecule has 2 aliphatic heterocycles. The monoisotopic (exact) mass is 430 g/mol. The minimum Gasteiger partial charge on any atom is -0.461 e. The first-order valence-corrected chi connectivity index (χ1v) is 10.9. The number of nitrogens with one attached hydrogen (secondary N) is 1. The van der Waals surface area contributed by atoms with Crippen molar-refractivity contribution in [3.8, 4) is 11.5 Å². The fourth-order valence-corrected chi connectivity index (χ4v) is 4.83. The maximum atomic E-state index is 13.2. The van der Waals surface area contributed by atoms with Gasteiger partial charge in [-0.05, 0) is 55.2 Å². The van der Waals surface area contributed by atoms with Crippen molar-refractivity contribution < 1.29 is 28.6 Å². The highest BCUT2D eigenvalue weighted by molar-refractivity contribution is 6.08. The molecule has 1 aromatic rings. The van der Waals surface area contributed by atoms with Crippen LogP contribution in [0.15, 0.2) is 18.2 Å². The summed E-state index contributed by atoms with van der Waals surface area (Å²) in [6.45, 7) is 7.76. The summed E-state index contributed by atoms with van der Waals surface area (Å²) in [7, 11) is 0. The third-order valence-electron chi connectivity index (χ3n) is 6.76. The lowest BCUT2D eigenvalue weighted by atomic mass is 9.75. The van der Waals surface area contributed by atoms with Crippen molar-refractivity contribution in [1.29, 1.82) is 0 Å². The quantitative estimate of drug-likeness (QED) is 0.570. The first-order chi connectivity index (χ1) is 14.7. The largest absolute Gasteiger partial charge is 0.461 e. The van der Waals surface area contributed by atoms with Gasteiger partial charge in [0.05, 0.1) is 0 Å². The number of rotatable bonds is 5. The summed E-state index contributed by atoms with van der Waals surface area (Å²) in [6, 6.07) is 4.48. The van der Waals surface area contributed by atoms with Crippen molar-refractivity contribution >= 4 is 17.9 Å². The average molecular weight is 431 g/mol. The molecule has 1 aliphatic carbocycles. The number of carbonyl (C=O) groups excluding carboxylic acids is 3. The molecule has 2 heterocycles. The molecule has 4 atom stereocenters. The smallest absolute Gasteiger partial charge is 0.326 e. The van der Waals surface area contributed by atoms with Gasteiger partial charge in [-0.15, -0.1) is 0 Å². The SMILES string of the molecule is CC1CCC(C(C)C)C(OC(=O)CN2C(=O)NC(C)(c3ccc4c(c3)OCO4)C2=O)C1. The predicted octanol–water partition coefficient (Wildman–Crippen LogP) is 3.19. The Morgan fingerprint density at radius 3 is 2.74 bits per heavy atom. The van der Waals surface area contributed by atoms with E-state index >= 15 is 0 Å². The number of fused-ring (bicyclic) bond motifs is 1. The van der Waals surface area contributed by atoms with Gasteiger partial charge in [0.25, 0.3) is 5.91 Å². The minimum atomic E-state index is -1.29. The van der Waals surface area contributed by atoms with Crippen LogP contribution in [0.25, 0.3) is 0 Å². The molecule has 4 rings (SSSR count). The molecule has 2 fully saturated rings. The molecule has 0 aromatic heterocycles. The highest BCUT2D eigenvalue weighted by atomic mass is 16.7. The molecule has 3 aliphatic rings. The van der Waals surface area contributed by atoms with Crippen LogP contribution in [-0.2, 0) is 19.9 Å². The maximum absolute atomic E-state index is 13.2. The fraction of sp³-hybridized carbons (Fsp3) is 0.609. The van der Waals surface area contributed by atoms with Gasteiger partial charge in [0, 0.05) is 0 Å². The van der Waals surface area contributed by atoms with Crippen LogP contribution in [0, 0.1) is 17.8 Å². The summed E-state index contributed by atoms with van der Waals surface area (Å²) in [5, 5.41) is 2.71. The summed E-state index contributed by atoms with van der Waals surface area (Å²) >= 11 is 0. The van der Waals surface area contributed by atoms with Crippen molar-refractivity contribution in [1.82, 2.24) is 10.2 Å². The van der Waals surface area contributed by atoms with Crippen LogP contribution in [0.1, 0.15) is 52.5 Å². The van der Waals surface area contributed by atoms with E-state index in [-0.39, 0.29) is 12.9 Å². The number of ether oxygens (including phenoxy) is 3. The number of nitrogens with zero attached hydrogens (tertiary/aromatic N) is 1. The van der Waals surface area contributed by atoms with Gasteiger partial charge < -0.3 is 19.5 Å². The van der Waals surface area contributed by atoms with Crippen molar-refractivity contribution in [2.75, 3.05) is 13.3 Å². The Balaban J connectivity index is 1.46. The van der Waals surface area contributed by atoms with E-state index in [2.05, 4.69) is 26.1 Å². The number of urea groups is 1. The fourth-order valence-electron chi connectivity index (χ4n) is 4.83. The van der Waals surface area contributed by atoms with Gasteiger partial charge in [0.15, 0.2) is 11.5 Å². The highest BCUT2D eigenvalue weighted by Crippen LogP contribution is 2.38. The molecule has 4 unspecified atom stereocenters. The highest BCUT2D eigenvalue weighted by Gasteiger charge is 2.50. The Morgan fingerprint density at radius 2 is 2.00 bits per heavy atom. The average Bonchev–Trinajstić information content (AvgIpc) is 3.26. The maximum Gasteiger partial charge on any atom is 0.326 e. The normalized spacial score (nSPS) is 30.0. The Bertz CT molecular complexity index is 900. The molecule has 168 valence electrons. The lowest BCUT2D eigenvalue weighted by Crippen LogP contribution is -2.43. The van der Waals surface area contributed by atoms with Crippen molar-refractivity contribution in [2.45, 2.75) is 58.6 Å². The number of benzene rings is 1. The summed E-state index contributed by atoms with van der Waals surface area (Å²) in [4.78, 5) is 39.4. The number of hydrogen-bond donors (Lipinski definition) is 1. The van der Waals surface area contributed by atoms with Crippen LogP contribution in [-0.4, -0.2) is 42.2 Å². The van der Waals surface area contributed by atoms with E-state index < -0.39 is 30.0 Å². The molecule has 8 nitrogen and oxygen atoms in total. The topological polar surface area (TPSA) is 94.2 Å². The molecule has 8 heteroatoms. The van der Waals surface area contributed by atoms with E-state index in [1.807, 2.05) is 0 Å². The molecule has 0 bridgehead atoms. The second-order valence-corrected chi connectivity index (χ2v) is 9.37. The number of esters is 1. The Kier molecular flexibility index (Phi) is 5.58. The number of hydrogen-bond acceptors (Lipinski definition) is 6. The predicted molar refractivity (Wildman–Crippen MR) is 111 cm³/mol. The van der Waals surface area contributed by atoms with Crippen LogP contribution >= 0.6 is 0 Å². The first-order valence-electron chi connectivity index (χ1n) is 10.9. The third-order valence-corrected chi connectivity index (χ3v) is 6.76. The molecule has 31 heavy (non-hydrogen) atoms. The van der Waals surface area contributed by atoms with E-state index in [4.69, 9.17) is 14.2 Å². The van der Waals surface area contributed by atoms with Crippen LogP contribution in [0.5, 0.6) is 11.5 Å². The van der Waals surface area contributed by atoms with E-state index in [0.29, 0.717) is 34.8 Å². The zero-order valence-corrected chi connectivity index (χ0v) is 18.5. The second kappa shape index (κ2) is 8.05. The standard InChI is InChI=1S/C23H30N2O6/c1-13(2)16-7-5-14(3)9-18(16)31-20(26)11-25-21(27)23(4,24-22(25)28)15-6-8-17-19(10-15)30-12-29-17/h6,8,10,13-14,16,18H,5,7,9,11-12H2,1-4H3,(H,24,28). The number of imide groups is 1. The summed E-state index contributed by atoms with van der Waals surface area (Å²) in [5.74, 6) is 1.24. The number of amides is 3. The van der Waals surface area contributed by atoms with Gasteiger partial charge in [-0.2, -0.15) is 0 Å². The molecule has 1 N–H and O–H groups in total. The molecule has 3 amide bonds. The minimum absolute atomic E-state index is 0.116. The van der Waals surface area contributed by atoms with E-state index in [1.54, 1.807) is 25.1 Å². The van der Waals surface area contributed by atoms with E-state index in [1.165, 1.54) is 0 Å². The first kappa shape index (κ1) is 21.5. The molecule has 0 spiro atoms. The lowest BCUT2D eigenvalue weighted by Gasteiger charge is -2.36. The third kappa shape index (κ3) is 3.95. The van der Waals surface area contributed by atoms with Gasteiger partial charge in [-0.3, -0.25) is 14.5 Å². The molecule has 0 radical (unpaired) electrons. The van der Waals surface area contributed by atoms with E-state index in [9.17, 15) is 14.4 Å². The summed E-state index contributed by atoms with van der Waals surface area (Å²) in [6.07, 6.45) is 2.76. The molecule has 1 saturated heterocycles. The van der Waals surface area contributed by atoms with Crippen molar-refractivity contribution in [2.24, 2.45) is 17.8 Å². The van der Waals surface area contributed by atoms with Gasteiger partial charge in [0.2, 0.25) is 6.79 Å². The Morgan fingerprint density at radius 1 is 1.26 bits per heavy atom. The number of carbonyl (C=O) groups is 3. The summed E-state index contributed by atoms with van der Waals surface area (Å²) in [5.41, 5.74) is -0.732. The summed E-state index contributed by atoms with van der Waals surface area (Å²) < 4.78 is 16.5. The van der Waals surface area contributed by atoms with Gasteiger partial charge in [-0.1, -0.05) is 33.3 Å². The van der Waals surface area contributed by atoms with Crippen LogP contribution < -0.4 is 14.8 Å². The Hall–Kier alpha value is -2.77. The molecule has 1 aromatic carbocycles. The van der Waals surface area contributed by atoms with Crippen LogP contribution in [0.3, 0.4) is 0 Å². The van der Waals surface area contributed by atoms with Gasteiger partial charge in [-0.25, -0.2) is 4.79 Å². The van der Waals surface area contributed by atoms with Crippen LogP contribution in [0.2, 0.25) is 0 Å². The molecular formula is C23H30N2O6. The van der Waals surface area contributed by atoms with Crippen molar-refractivity contribution in [3.05, 3.63) is 23.8 Å². The van der Waals surface area contributed by atoms with Crippen LogP contribution in [0.4, 0.5) is 4.79 Å². The van der Waals surface area contributed by atoms with E-state index in [0.717, 1.165) is 24.2 Å². The van der Waals surface area contributed by atoms with Gasteiger partial charge >= 0.3 is 12.0 Å². The zero-order chi connectivity index (χ0) is 22.3. The zero-order valence-electron chi connectivity index (χ0n) is 18.5. The molecular weight excluding hydrogens is 400 g/mol.